The monoisotopic (exact) mass is 310 g/mol. The molecule has 3 nitrogen and oxygen atoms in total. The Morgan fingerprint density at radius 2 is 1.65 bits per heavy atom. The molecule has 2 aromatic carbocycles. The number of hydrogen-bond acceptors (Lipinski definition) is 3. The van der Waals surface area contributed by atoms with Gasteiger partial charge in [0.1, 0.15) is 0 Å². The molecule has 0 aliphatic rings. The lowest BCUT2D eigenvalue weighted by atomic mass is 9.95. The number of ketones is 1. The van der Waals surface area contributed by atoms with Crippen molar-refractivity contribution < 1.29 is 14.3 Å². The van der Waals surface area contributed by atoms with Crippen LogP contribution in [-0.2, 0) is 11.2 Å². The third-order valence-corrected chi connectivity index (χ3v) is 4.06. The van der Waals surface area contributed by atoms with Crippen molar-refractivity contribution in [2.75, 3.05) is 6.61 Å². The van der Waals surface area contributed by atoms with Gasteiger partial charge in [0.05, 0.1) is 12.2 Å². The Bertz CT molecular complexity index is 717. The van der Waals surface area contributed by atoms with Gasteiger partial charge in [0.15, 0.2) is 5.78 Å². The molecule has 2 rings (SSSR count). The summed E-state index contributed by atoms with van der Waals surface area (Å²) in [6.45, 7) is 6.19. The number of hydrogen-bond donors (Lipinski definition) is 0. The average molecular weight is 310 g/mol. The maximum absolute atomic E-state index is 12.5. The highest BCUT2D eigenvalue weighted by atomic mass is 16.5. The molecule has 120 valence electrons. The zero-order valence-corrected chi connectivity index (χ0v) is 13.9. The van der Waals surface area contributed by atoms with Crippen molar-refractivity contribution in [1.29, 1.82) is 0 Å². The van der Waals surface area contributed by atoms with E-state index in [4.69, 9.17) is 4.74 Å². The molecule has 2 aromatic rings. The van der Waals surface area contributed by atoms with Crippen LogP contribution in [0.3, 0.4) is 0 Å². The number of carbonyl (C=O) groups excluding carboxylic acids is 2. The first-order chi connectivity index (χ1) is 11.0. The Morgan fingerprint density at radius 1 is 0.957 bits per heavy atom. The molecule has 0 saturated carbocycles. The number of rotatable bonds is 6. The highest BCUT2D eigenvalue weighted by Crippen LogP contribution is 2.18. The number of carbonyl (C=O) groups is 2. The van der Waals surface area contributed by atoms with Crippen molar-refractivity contribution in [2.45, 2.75) is 33.6 Å². The van der Waals surface area contributed by atoms with Gasteiger partial charge in [0.2, 0.25) is 0 Å². The molecule has 23 heavy (non-hydrogen) atoms. The summed E-state index contributed by atoms with van der Waals surface area (Å²) in [7, 11) is 0. The zero-order chi connectivity index (χ0) is 16.8. The summed E-state index contributed by atoms with van der Waals surface area (Å²) in [6, 6.07) is 13.0. The minimum absolute atomic E-state index is 0.0328. The largest absolute Gasteiger partial charge is 0.462 e. The van der Waals surface area contributed by atoms with Gasteiger partial charge in [-0.25, -0.2) is 4.79 Å². The van der Waals surface area contributed by atoms with Crippen LogP contribution in [0, 0.1) is 13.8 Å². The predicted molar refractivity (Wildman–Crippen MR) is 91.0 cm³/mol. The Kier molecular flexibility index (Phi) is 5.69. The number of benzene rings is 2. The van der Waals surface area contributed by atoms with Crippen LogP contribution in [0.1, 0.15) is 50.8 Å². The summed E-state index contributed by atoms with van der Waals surface area (Å²) in [4.78, 5) is 24.5. The maximum atomic E-state index is 12.5. The molecule has 0 heterocycles. The Hall–Kier alpha value is -2.42. The van der Waals surface area contributed by atoms with Gasteiger partial charge in [-0.05, 0) is 49.9 Å². The second kappa shape index (κ2) is 7.73. The van der Waals surface area contributed by atoms with E-state index >= 15 is 0 Å². The van der Waals surface area contributed by atoms with Crippen LogP contribution >= 0.6 is 0 Å². The number of esters is 1. The quantitative estimate of drug-likeness (QED) is 0.590. The summed E-state index contributed by atoms with van der Waals surface area (Å²) >= 11 is 0. The first-order valence-electron chi connectivity index (χ1n) is 7.89. The average Bonchev–Trinajstić information content (AvgIpc) is 2.56. The van der Waals surface area contributed by atoms with E-state index in [1.54, 1.807) is 31.2 Å². The number of ether oxygens (including phenoxy) is 1. The fourth-order valence-electron chi connectivity index (χ4n) is 2.58. The van der Waals surface area contributed by atoms with Crippen LogP contribution in [0.15, 0.2) is 42.5 Å². The fraction of sp³-hybridized carbons (Fsp3) is 0.300. The van der Waals surface area contributed by atoms with Gasteiger partial charge in [-0.15, -0.1) is 0 Å². The van der Waals surface area contributed by atoms with Crippen LogP contribution in [-0.4, -0.2) is 18.4 Å². The predicted octanol–water partition coefficient (Wildman–Crippen LogP) is 4.30. The van der Waals surface area contributed by atoms with Crippen molar-refractivity contribution in [3.05, 3.63) is 70.3 Å². The molecule has 0 N–H and O–H groups in total. The van der Waals surface area contributed by atoms with E-state index in [-0.39, 0.29) is 5.78 Å². The molecular weight excluding hydrogens is 288 g/mol. The standard InChI is InChI=1S/C20H22O3/c1-4-23-20(22)18-11-6-5-10-17(18)19(21)13-12-16-9-7-8-14(2)15(16)3/h5-11H,4,12-13H2,1-3H3. The van der Waals surface area contributed by atoms with E-state index in [1.165, 1.54) is 16.7 Å². The van der Waals surface area contributed by atoms with Crippen LogP contribution in [0.5, 0.6) is 0 Å². The molecule has 0 radical (unpaired) electrons. The lowest BCUT2D eigenvalue weighted by molar-refractivity contribution is 0.0523. The van der Waals surface area contributed by atoms with Gasteiger partial charge in [0.25, 0.3) is 0 Å². The smallest absolute Gasteiger partial charge is 0.338 e. The van der Waals surface area contributed by atoms with Gasteiger partial charge in [-0.3, -0.25) is 4.79 Å². The third kappa shape index (κ3) is 4.07. The van der Waals surface area contributed by atoms with Gasteiger partial charge in [-0.2, -0.15) is 0 Å². The molecule has 0 aliphatic heterocycles. The molecule has 0 aliphatic carbocycles. The minimum atomic E-state index is -0.441. The van der Waals surface area contributed by atoms with Crippen molar-refractivity contribution in [3.63, 3.8) is 0 Å². The topological polar surface area (TPSA) is 43.4 Å². The zero-order valence-electron chi connectivity index (χ0n) is 13.9. The van der Waals surface area contributed by atoms with Crippen LogP contribution < -0.4 is 0 Å². The highest BCUT2D eigenvalue weighted by Gasteiger charge is 2.17. The molecule has 0 saturated heterocycles. The molecular formula is C20H22O3. The van der Waals surface area contributed by atoms with Crippen molar-refractivity contribution >= 4 is 11.8 Å². The highest BCUT2D eigenvalue weighted by molar-refractivity contribution is 6.06. The van der Waals surface area contributed by atoms with Gasteiger partial charge >= 0.3 is 5.97 Å². The molecule has 0 amide bonds. The van der Waals surface area contributed by atoms with Crippen molar-refractivity contribution in [1.82, 2.24) is 0 Å². The van der Waals surface area contributed by atoms with E-state index in [2.05, 4.69) is 19.9 Å². The number of Topliss-reactive ketones (excluding diaryl/α,β-unsaturated/α-hetero) is 1. The van der Waals surface area contributed by atoms with Crippen molar-refractivity contribution in [2.24, 2.45) is 0 Å². The second-order valence-electron chi connectivity index (χ2n) is 5.55. The second-order valence-corrected chi connectivity index (χ2v) is 5.55. The van der Waals surface area contributed by atoms with Gasteiger partial charge in [0, 0.05) is 12.0 Å². The minimum Gasteiger partial charge on any atom is -0.462 e. The van der Waals surface area contributed by atoms with Crippen LogP contribution in [0.25, 0.3) is 0 Å². The Labute approximate surface area is 137 Å². The lowest BCUT2D eigenvalue weighted by Gasteiger charge is -2.10. The van der Waals surface area contributed by atoms with E-state index in [9.17, 15) is 9.59 Å². The third-order valence-electron chi connectivity index (χ3n) is 4.06. The van der Waals surface area contributed by atoms with Gasteiger partial charge < -0.3 is 4.74 Å². The lowest BCUT2D eigenvalue weighted by Crippen LogP contribution is -2.12. The Balaban J connectivity index is 2.15. The summed E-state index contributed by atoms with van der Waals surface area (Å²) in [5.41, 5.74) is 4.41. The molecule has 3 heteroatoms. The molecule has 0 aromatic heterocycles. The van der Waals surface area contributed by atoms with Crippen molar-refractivity contribution in [3.8, 4) is 0 Å². The van der Waals surface area contributed by atoms with E-state index in [1.807, 2.05) is 12.1 Å². The molecule has 0 fully saturated rings. The maximum Gasteiger partial charge on any atom is 0.338 e. The molecule has 0 atom stereocenters. The van der Waals surface area contributed by atoms with E-state index in [0.717, 1.165) is 0 Å². The summed E-state index contributed by atoms with van der Waals surface area (Å²) in [5, 5.41) is 0. The van der Waals surface area contributed by atoms with Gasteiger partial charge in [-0.1, -0.05) is 36.4 Å². The molecule has 0 bridgehead atoms. The summed E-state index contributed by atoms with van der Waals surface area (Å²) in [6.07, 6.45) is 1.05. The number of aryl methyl sites for hydroxylation is 2. The first kappa shape index (κ1) is 16.9. The SMILES string of the molecule is CCOC(=O)c1ccccc1C(=O)CCc1cccc(C)c1C. The van der Waals surface area contributed by atoms with E-state index < -0.39 is 5.97 Å². The normalized spacial score (nSPS) is 10.4. The summed E-state index contributed by atoms with van der Waals surface area (Å²) < 4.78 is 5.03. The van der Waals surface area contributed by atoms with Crippen LogP contribution in [0.4, 0.5) is 0 Å². The fourth-order valence-corrected chi connectivity index (χ4v) is 2.58. The Morgan fingerprint density at radius 3 is 2.35 bits per heavy atom. The first-order valence-corrected chi connectivity index (χ1v) is 7.89. The molecule has 0 spiro atoms. The van der Waals surface area contributed by atoms with E-state index in [0.29, 0.717) is 30.6 Å². The van der Waals surface area contributed by atoms with Crippen LogP contribution in [0.2, 0.25) is 0 Å². The summed E-state index contributed by atoms with van der Waals surface area (Å²) in [5.74, 6) is -0.474. The molecule has 0 unspecified atom stereocenters.